The lowest BCUT2D eigenvalue weighted by Gasteiger charge is -2.02. The summed E-state index contributed by atoms with van der Waals surface area (Å²) in [5, 5.41) is 0. The molecule has 1 rings (SSSR count). The van der Waals surface area contributed by atoms with Gasteiger partial charge in [-0.25, -0.2) is 4.57 Å². The maximum absolute atomic E-state index is 12.0. The van der Waals surface area contributed by atoms with Crippen molar-refractivity contribution in [2.45, 2.75) is 20.3 Å². The predicted octanol–water partition coefficient (Wildman–Crippen LogP) is 3.55. The van der Waals surface area contributed by atoms with Gasteiger partial charge in [-0.1, -0.05) is 38.5 Å². The fourth-order valence-electron chi connectivity index (χ4n) is 0.611. The van der Waals surface area contributed by atoms with E-state index in [0.29, 0.717) is 0 Å². The van der Waals surface area contributed by atoms with Crippen LogP contribution in [0.1, 0.15) is 20.3 Å². The standard InChI is InChI=1S/C6H6FO3P.C3H8/c7-11(8,9)10-6-4-2-1-3-5-6;1-3-2/h1-5H,(H,8,9);3H2,1-2H3. The van der Waals surface area contributed by atoms with Crippen LogP contribution in [0.3, 0.4) is 0 Å². The zero-order chi connectivity index (χ0) is 11.0. The van der Waals surface area contributed by atoms with Crippen molar-refractivity contribution in [1.29, 1.82) is 0 Å². The van der Waals surface area contributed by atoms with E-state index in [1.807, 2.05) is 0 Å². The molecule has 3 nitrogen and oxygen atoms in total. The van der Waals surface area contributed by atoms with Crippen molar-refractivity contribution in [2.75, 3.05) is 0 Å². The largest absolute Gasteiger partial charge is 0.567 e. The van der Waals surface area contributed by atoms with Gasteiger partial charge in [0.1, 0.15) is 5.75 Å². The van der Waals surface area contributed by atoms with Gasteiger partial charge in [0.25, 0.3) is 0 Å². The van der Waals surface area contributed by atoms with Gasteiger partial charge >= 0.3 is 7.91 Å². The van der Waals surface area contributed by atoms with E-state index in [1.54, 1.807) is 18.2 Å². The van der Waals surface area contributed by atoms with Crippen molar-refractivity contribution in [3.05, 3.63) is 30.3 Å². The summed E-state index contributed by atoms with van der Waals surface area (Å²) in [7, 11) is -4.89. The fourth-order valence-corrected chi connectivity index (χ4v) is 0.993. The molecule has 14 heavy (non-hydrogen) atoms. The van der Waals surface area contributed by atoms with E-state index in [9.17, 15) is 8.76 Å². The van der Waals surface area contributed by atoms with Gasteiger partial charge in [-0.3, -0.25) is 4.89 Å². The number of rotatable bonds is 2. The molecular weight excluding hydrogens is 206 g/mol. The van der Waals surface area contributed by atoms with Gasteiger partial charge in [0.2, 0.25) is 0 Å². The first-order valence-electron chi connectivity index (χ1n) is 4.26. The summed E-state index contributed by atoms with van der Waals surface area (Å²) in [6, 6.07) is 7.62. The van der Waals surface area contributed by atoms with E-state index in [2.05, 4.69) is 18.4 Å². The minimum absolute atomic E-state index is 0.0424. The van der Waals surface area contributed by atoms with Gasteiger partial charge in [0.15, 0.2) is 0 Å². The maximum Gasteiger partial charge on any atom is 0.567 e. The third-order valence-corrected chi connectivity index (χ3v) is 1.40. The molecule has 0 heterocycles. The Hall–Kier alpha value is -0.860. The summed E-state index contributed by atoms with van der Waals surface area (Å²) in [5.74, 6) is 0.0424. The summed E-state index contributed by atoms with van der Waals surface area (Å²) in [4.78, 5) is 8.14. The molecule has 0 radical (unpaired) electrons. The van der Waals surface area contributed by atoms with Crippen LogP contribution in [0.25, 0.3) is 0 Å². The van der Waals surface area contributed by atoms with Gasteiger partial charge in [-0.15, -0.1) is 4.20 Å². The molecule has 0 saturated heterocycles. The zero-order valence-electron chi connectivity index (χ0n) is 8.18. The summed E-state index contributed by atoms with van der Waals surface area (Å²) in [5.41, 5.74) is 0. The van der Waals surface area contributed by atoms with Gasteiger partial charge < -0.3 is 4.52 Å². The molecular formula is C9H14FO3P. The summed E-state index contributed by atoms with van der Waals surface area (Å²) >= 11 is 0. The second kappa shape index (κ2) is 6.57. The summed E-state index contributed by atoms with van der Waals surface area (Å²) in [6.07, 6.45) is 1.25. The first kappa shape index (κ1) is 13.1. The van der Waals surface area contributed by atoms with Crippen molar-refractivity contribution in [1.82, 2.24) is 0 Å². The van der Waals surface area contributed by atoms with Crippen LogP contribution in [0.5, 0.6) is 5.75 Å². The van der Waals surface area contributed by atoms with Crippen LogP contribution < -0.4 is 4.52 Å². The molecule has 0 aliphatic rings. The number of hydrogen-bond acceptors (Lipinski definition) is 2. The third kappa shape index (κ3) is 7.77. The molecule has 0 amide bonds. The van der Waals surface area contributed by atoms with E-state index >= 15 is 0 Å². The number of hydrogen-bond donors (Lipinski definition) is 1. The lowest BCUT2D eigenvalue weighted by atomic mass is 10.3. The highest BCUT2D eigenvalue weighted by atomic mass is 31.2. The van der Waals surface area contributed by atoms with Crippen molar-refractivity contribution < 1.29 is 18.2 Å². The lowest BCUT2D eigenvalue weighted by Crippen LogP contribution is -1.84. The smallest absolute Gasteiger partial charge is 0.401 e. The Labute approximate surface area is 83.2 Å². The highest BCUT2D eigenvalue weighted by molar-refractivity contribution is 7.47. The molecule has 1 aromatic carbocycles. The second-order valence-electron chi connectivity index (χ2n) is 2.56. The molecule has 0 saturated carbocycles. The average molecular weight is 220 g/mol. The molecule has 0 aliphatic carbocycles. The molecule has 0 aromatic heterocycles. The van der Waals surface area contributed by atoms with Gasteiger partial charge in [-0.2, -0.15) is 0 Å². The van der Waals surface area contributed by atoms with Crippen molar-refractivity contribution in [3.8, 4) is 5.75 Å². The minimum atomic E-state index is -4.89. The SMILES string of the molecule is CCC.O=P(O)(F)Oc1ccccc1. The van der Waals surface area contributed by atoms with E-state index in [0.717, 1.165) is 0 Å². The van der Waals surface area contributed by atoms with E-state index in [-0.39, 0.29) is 5.75 Å². The Morgan fingerprint density at radius 3 is 2.14 bits per heavy atom. The van der Waals surface area contributed by atoms with Crippen LogP contribution in [0.15, 0.2) is 30.3 Å². The molecule has 1 unspecified atom stereocenters. The van der Waals surface area contributed by atoms with Crippen molar-refractivity contribution in [2.24, 2.45) is 0 Å². The van der Waals surface area contributed by atoms with E-state index in [1.165, 1.54) is 18.6 Å². The second-order valence-corrected chi connectivity index (χ2v) is 3.65. The Morgan fingerprint density at radius 1 is 1.36 bits per heavy atom. The molecule has 0 fully saturated rings. The highest BCUT2D eigenvalue weighted by Crippen LogP contribution is 2.43. The third-order valence-electron chi connectivity index (χ3n) is 0.961. The lowest BCUT2D eigenvalue weighted by molar-refractivity contribution is 0.330. The van der Waals surface area contributed by atoms with Crippen LogP contribution in [0.4, 0.5) is 4.20 Å². The Bertz CT molecular complexity index is 283. The quantitative estimate of drug-likeness (QED) is 0.775. The summed E-state index contributed by atoms with van der Waals surface area (Å²) in [6.45, 7) is 4.25. The summed E-state index contributed by atoms with van der Waals surface area (Å²) < 4.78 is 26.1. The monoisotopic (exact) mass is 220 g/mol. The molecule has 1 atom stereocenters. The molecule has 1 aromatic rings. The Balaban J connectivity index is 0.000000500. The fraction of sp³-hybridized carbons (Fsp3) is 0.333. The highest BCUT2D eigenvalue weighted by Gasteiger charge is 2.18. The van der Waals surface area contributed by atoms with Gasteiger partial charge in [-0.05, 0) is 12.1 Å². The molecule has 0 aliphatic heterocycles. The number of benzene rings is 1. The zero-order valence-corrected chi connectivity index (χ0v) is 9.08. The predicted molar refractivity (Wildman–Crippen MR) is 54.0 cm³/mol. The van der Waals surface area contributed by atoms with Crippen molar-refractivity contribution in [3.63, 3.8) is 0 Å². The molecule has 1 N–H and O–H groups in total. The molecule has 5 heteroatoms. The number of halogens is 1. The Morgan fingerprint density at radius 2 is 1.79 bits per heavy atom. The first-order valence-corrected chi connectivity index (χ1v) is 5.73. The van der Waals surface area contributed by atoms with Crippen LogP contribution >= 0.6 is 7.91 Å². The topological polar surface area (TPSA) is 46.5 Å². The average Bonchev–Trinajstić information content (AvgIpc) is 2.04. The maximum atomic E-state index is 12.0. The van der Waals surface area contributed by atoms with Crippen LogP contribution in [0.2, 0.25) is 0 Å². The van der Waals surface area contributed by atoms with Gasteiger partial charge in [0, 0.05) is 0 Å². The normalized spacial score (nSPS) is 13.4. The molecule has 80 valence electrons. The van der Waals surface area contributed by atoms with Crippen LogP contribution in [0, 0.1) is 0 Å². The molecule has 0 bridgehead atoms. The van der Waals surface area contributed by atoms with Gasteiger partial charge in [0.05, 0.1) is 0 Å². The van der Waals surface area contributed by atoms with Crippen molar-refractivity contribution >= 4 is 7.91 Å². The Kier molecular flexibility index (Phi) is 6.17. The van der Waals surface area contributed by atoms with E-state index < -0.39 is 7.91 Å². The van der Waals surface area contributed by atoms with Crippen LogP contribution in [-0.2, 0) is 4.57 Å². The first-order chi connectivity index (χ1) is 6.49. The number of para-hydroxylation sites is 1. The molecule has 0 spiro atoms. The van der Waals surface area contributed by atoms with Crippen LogP contribution in [-0.4, -0.2) is 4.89 Å². The van der Waals surface area contributed by atoms with E-state index in [4.69, 9.17) is 4.89 Å². The minimum Gasteiger partial charge on any atom is -0.401 e.